The summed E-state index contributed by atoms with van der Waals surface area (Å²) in [6, 6.07) is 21.4. The first-order chi connectivity index (χ1) is 24.3. The highest BCUT2D eigenvalue weighted by Gasteiger charge is 2.35. The Labute approximate surface area is 302 Å². The molecule has 1 unspecified atom stereocenters. The number of methoxy groups -OCH3 is 2. The SMILES string of the molecule is COc1ccc([C@H](Cc2c(Cl)cncc2Cl)OC(=O)c2ccc(CNC(C(=O)OC[C@@H]3CN4CCC3CC4)c3ccccc3)cc2)cc1OC. The lowest BCUT2D eigenvalue weighted by molar-refractivity contribution is -0.150. The van der Waals surface area contributed by atoms with Crippen LogP contribution < -0.4 is 14.8 Å². The molecule has 2 bridgehead atoms. The minimum Gasteiger partial charge on any atom is -0.493 e. The Bertz CT molecular complexity index is 1750. The first-order valence-electron chi connectivity index (χ1n) is 16.8. The second-order valence-corrected chi connectivity index (χ2v) is 13.6. The van der Waals surface area contributed by atoms with Crippen molar-refractivity contribution >= 4 is 35.1 Å². The van der Waals surface area contributed by atoms with Gasteiger partial charge in [-0.15, -0.1) is 0 Å². The molecular weight excluding hydrogens is 677 g/mol. The lowest BCUT2D eigenvalue weighted by Gasteiger charge is -2.44. The number of aromatic nitrogens is 1. The summed E-state index contributed by atoms with van der Waals surface area (Å²) in [7, 11) is 3.09. The molecule has 0 amide bonds. The highest BCUT2D eigenvalue weighted by molar-refractivity contribution is 6.35. The van der Waals surface area contributed by atoms with Crippen LogP contribution in [0.1, 0.15) is 57.6 Å². The van der Waals surface area contributed by atoms with Crippen molar-refractivity contribution in [2.75, 3.05) is 40.5 Å². The standard InChI is InChI=1S/C39H41Cl2N3O6/c1-47-34-13-12-29(18-36(34)48-2)35(19-31-32(40)21-42-22-33(31)41)50-38(45)28-10-8-25(9-11-28)20-43-37(27-6-4-3-5-7-27)39(46)49-24-30-23-44-16-14-26(30)15-17-44/h3-13,18,21-22,26,30,35,37,43H,14-17,19-20,23-24H2,1-2H3/t30-,35-,37?/m0/s1. The van der Waals surface area contributed by atoms with E-state index in [0.717, 1.165) is 30.8 Å². The van der Waals surface area contributed by atoms with Gasteiger partial charge in [0.15, 0.2) is 11.5 Å². The van der Waals surface area contributed by atoms with Crippen molar-refractivity contribution in [3.05, 3.63) is 123 Å². The molecule has 3 saturated heterocycles. The number of hydrogen-bond donors (Lipinski definition) is 1. The van der Waals surface area contributed by atoms with Crippen LogP contribution in [0.5, 0.6) is 11.5 Å². The fourth-order valence-corrected chi connectivity index (χ4v) is 7.33. The van der Waals surface area contributed by atoms with Crippen LogP contribution in [0.25, 0.3) is 0 Å². The zero-order valence-corrected chi connectivity index (χ0v) is 29.7. The molecule has 3 atom stereocenters. The Morgan fingerprint density at radius 3 is 2.24 bits per heavy atom. The number of carbonyl (C=O) groups is 2. The molecule has 3 aliphatic heterocycles. The Balaban J connectivity index is 1.13. The summed E-state index contributed by atoms with van der Waals surface area (Å²) in [5, 5.41) is 4.12. The fourth-order valence-electron chi connectivity index (χ4n) is 6.81. The van der Waals surface area contributed by atoms with Crippen molar-refractivity contribution < 1.29 is 28.5 Å². The van der Waals surface area contributed by atoms with Gasteiger partial charge in [-0.05, 0) is 78.4 Å². The quantitative estimate of drug-likeness (QED) is 0.135. The van der Waals surface area contributed by atoms with Gasteiger partial charge < -0.3 is 23.8 Å². The van der Waals surface area contributed by atoms with Gasteiger partial charge in [0.2, 0.25) is 0 Å². The van der Waals surface area contributed by atoms with Crippen LogP contribution in [0, 0.1) is 11.8 Å². The third kappa shape index (κ3) is 8.58. The Morgan fingerprint density at radius 1 is 0.900 bits per heavy atom. The van der Waals surface area contributed by atoms with Crippen LogP contribution in [0.4, 0.5) is 0 Å². The van der Waals surface area contributed by atoms with Crippen molar-refractivity contribution in [3.8, 4) is 11.5 Å². The molecule has 3 fully saturated rings. The maximum atomic E-state index is 13.5. The van der Waals surface area contributed by atoms with Crippen LogP contribution in [-0.4, -0.2) is 62.3 Å². The van der Waals surface area contributed by atoms with Gasteiger partial charge in [-0.3, -0.25) is 10.3 Å². The summed E-state index contributed by atoms with van der Waals surface area (Å²) in [5.41, 5.74) is 3.37. The molecule has 0 aliphatic carbocycles. The van der Waals surface area contributed by atoms with Crippen molar-refractivity contribution in [1.82, 2.24) is 15.2 Å². The Morgan fingerprint density at radius 2 is 1.60 bits per heavy atom. The molecule has 1 aromatic heterocycles. The molecule has 11 heteroatoms. The molecule has 262 valence electrons. The number of benzene rings is 3. The number of esters is 2. The summed E-state index contributed by atoms with van der Waals surface area (Å²) in [6.07, 6.45) is 4.82. The number of carbonyl (C=O) groups excluding carboxylic acids is 2. The molecule has 4 heterocycles. The molecule has 0 radical (unpaired) electrons. The number of pyridine rings is 1. The zero-order valence-electron chi connectivity index (χ0n) is 28.1. The van der Waals surface area contributed by atoms with E-state index in [9.17, 15) is 9.59 Å². The van der Waals surface area contributed by atoms with E-state index in [1.807, 2.05) is 48.5 Å². The first kappa shape index (κ1) is 35.7. The second kappa shape index (κ2) is 16.7. The van der Waals surface area contributed by atoms with E-state index in [-0.39, 0.29) is 12.4 Å². The van der Waals surface area contributed by atoms with Gasteiger partial charge in [-0.2, -0.15) is 0 Å². The minimum absolute atomic E-state index is 0.208. The number of fused-ring (bicyclic) bond motifs is 3. The number of halogens is 2. The molecule has 9 nitrogen and oxygen atoms in total. The van der Waals surface area contributed by atoms with Gasteiger partial charge in [0.05, 0.1) is 36.4 Å². The van der Waals surface area contributed by atoms with E-state index < -0.39 is 18.1 Å². The van der Waals surface area contributed by atoms with E-state index >= 15 is 0 Å². The maximum Gasteiger partial charge on any atom is 0.338 e. The van der Waals surface area contributed by atoms with Gasteiger partial charge in [0.25, 0.3) is 0 Å². The first-order valence-corrected chi connectivity index (χ1v) is 17.6. The molecule has 3 aliphatic rings. The van der Waals surface area contributed by atoms with Crippen molar-refractivity contribution in [2.24, 2.45) is 11.8 Å². The highest BCUT2D eigenvalue weighted by Crippen LogP contribution is 2.36. The molecular formula is C39H41Cl2N3O6. The van der Waals surface area contributed by atoms with Crippen molar-refractivity contribution in [1.29, 1.82) is 0 Å². The average Bonchev–Trinajstić information content (AvgIpc) is 3.16. The van der Waals surface area contributed by atoms with Crippen LogP contribution in [0.15, 0.2) is 85.2 Å². The van der Waals surface area contributed by atoms with Gasteiger partial charge in [-0.25, -0.2) is 9.59 Å². The van der Waals surface area contributed by atoms with Gasteiger partial charge in [0, 0.05) is 37.8 Å². The molecule has 3 aromatic carbocycles. The molecule has 1 N–H and O–H groups in total. The second-order valence-electron chi connectivity index (χ2n) is 12.7. The van der Waals surface area contributed by atoms with Crippen molar-refractivity contribution in [2.45, 2.75) is 38.0 Å². The largest absolute Gasteiger partial charge is 0.493 e. The van der Waals surface area contributed by atoms with Crippen LogP contribution in [0.3, 0.4) is 0 Å². The Hall–Kier alpha value is -4.15. The molecule has 7 rings (SSSR count). The molecule has 50 heavy (non-hydrogen) atoms. The average molecular weight is 719 g/mol. The molecule has 4 aromatic rings. The Kier molecular flexibility index (Phi) is 11.9. The number of nitrogens with one attached hydrogen (secondary N) is 1. The topological polar surface area (TPSA) is 99.2 Å². The summed E-state index contributed by atoms with van der Waals surface area (Å²) in [4.78, 5) is 33.5. The number of ether oxygens (including phenoxy) is 4. The number of piperidine rings is 3. The van der Waals surface area contributed by atoms with Crippen LogP contribution in [-0.2, 0) is 27.2 Å². The fraction of sp³-hybridized carbons (Fsp3) is 0.359. The summed E-state index contributed by atoms with van der Waals surface area (Å²) < 4.78 is 22.9. The number of nitrogens with zero attached hydrogens (tertiary/aromatic N) is 2. The molecule has 0 spiro atoms. The third-order valence-corrected chi connectivity index (χ3v) is 10.3. The van der Waals surface area contributed by atoms with Crippen LogP contribution >= 0.6 is 23.2 Å². The maximum absolute atomic E-state index is 13.5. The van der Waals surface area contributed by atoms with Crippen molar-refractivity contribution in [3.63, 3.8) is 0 Å². The zero-order chi connectivity index (χ0) is 35.0. The van der Waals surface area contributed by atoms with E-state index in [0.29, 0.717) is 63.2 Å². The van der Waals surface area contributed by atoms with E-state index in [1.165, 1.54) is 25.2 Å². The van der Waals surface area contributed by atoms with Crippen LogP contribution in [0.2, 0.25) is 10.0 Å². The number of hydrogen-bond acceptors (Lipinski definition) is 9. The highest BCUT2D eigenvalue weighted by atomic mass is 35.5. The van der Waals surface area contributed by atoms with Gasteiger partial charge >= 0.3 is 11.9 Å². The smallest absolute Gasteiger partial charge is 0.338 e. The lowest BCUT2D eigenvalue weighted by atomic mass is 9.79. The predicted octanol–water partition coefficient (Wildman–Crippen LogP) is 7.26. The van der Waals surface area contributed by atoms with E-state index in [2.05, 4.69) is 15.2 Å². The van der Waals surface area contributed by atoms with E-state index in [1.54, 1.807) is 38.5 Å². The minimum atomic E-state index is -0.750. The van der Waals surface area contributed by atoms with E-state index in [4.69, 9.17) is 42.1 Å². The monoisotopic (exact) mass is 717 g/mol. The van der Waals surface area contributed by atoms with Gasteiger partial charge in [-0.1, -0.05) is 71.7 Å². The molecule has 0 saturated carbocycles. The lowest BCUT2D eigenvalue weighted by Crippen LogP contribution is -2.49. The number of rotatable bonds is 14. The predicted molar refractivity (Wildman–Crippen MR) is 192 cm³/mol. The third-order valence-electron chi connectivity index (χ3n) is 9.67. The summed E-state index contributed by atoms with van der Waals surface area (Å²) in [6.45, 7) is 4.11. The summed E-state index contributed by atoms with van der Waals surface area (Å²) >= 11 is 12.9. The summed E-state index contributed by atoms with van der Waals surface area (Å²) in [5.74, 6) is 1.23. The van der Waals surface area contributed by atoms with Gasteiger partial charge in [0.1, 0.15) is 12.1 Å². The normalized spacial score (nSPS) is 19.3.